The van der Waals surface area contributed by atoms with Crippen LogP contribution in [0.2, 0.25) is 0 Å². The predicted molar refractivity (Wildman–Crippen MR) is 52.7 cm³/mol. The molecule has 0 radical (unpaired) electrons. The Morgan fingerprint density at radius 3 is 2.36 bits per heavy atom. The van der Waals surface area contributed by atoms with Gasteiger partial charge in [-0.3, -0.25) is 0 Å². The lowest BCUT2D eigenvalue weighted by molar-refractivity contribution is 0.719. The van der Waals surface area contributed by atoms with E-state index in [1.54, 1.807) is 0 Å². The number of rotatable bonds is 5. The van der Waals surface area contributed by atoms with Crippen molar-refractivity contribution in [1.29, 1.82) is 0 Å². The third-order valence-electron chi connectivity index (χ3n) is 1.82. The summed E-state index contributed by atoms with van der Waals surface area (Å²) >= 11 is 0. The summed E-state index contributed by atoms with van der Waals surface area (Å²) in [5, 5.41) is 0. The molecule has 0 heterocycles. The normalized spacial score (nSPS) is 12.8. The van der Waals surface area contributed by atoms with Gasteiger partial charge in [-0.2, -0.15) is 0 Å². The zero-order valence-corrected chi connectivity index (χ0v) is 8.06. The van der Waals surface area contributed by atoms with Crippen molar-refractivity contribution in [2.45, 2.75) is 46.5 Å². The van der Waals surface area contributed by atoms with E-state index in [1.807, 2.05) is 0 Å². The van der Waals surface area contributed by atoms with Crippen LogP contribution in [0.15, 0.2) is 23.8 Å². The second-order valence-corrected chi connectivity index (χ2v) is 2.82. The summed E-state index contributed by atoms with van der Waals surface area (Å²) in [6.07, 6.45) is 11.8. The molecule has 64 valence electrons. The van der Waals surface area contributed by atoms with Crippen LogP contribution in [0.3, 0.4) is 0 Å². The maximum atomic E-state index is 2.24. The highest BCUT2D eigenvalue weighted by Gasteiger charge is 1.89. The van der Waals surface area contributed by atoms with Crippen molar-refractivity contribution in [1.82, 2.24) is 0 Å². The van der Waals surface area contributed by atoms with Crippen LogP contribution in [0.1, 0.15) is 46.5 Å². The topological polar surface area (TPSA) is 0 Å². The van der Waals surface area contributed by atoms with Gasteiger partial charge in [0.1, 0.15) is 0 Å². The molecule has 0 fully saturated rings. The summed E-state index contributed by atoms with van der Waals surface area (Å²) in [4.78, 5) is 0. The molecule has 0 aromatic carbocycles. The Kier molecular flexibility index (Phi) is 7.23. The van der Waals surface area contributed by atoms with Crippen LogP contribution < -0.4 is 0 Å². The third kappa shape index (κ3) is 5.90. The largest absolute Gasteiger partial charge is 0.0874 e. The van der Waals surface area contributed by atoms with Gasteiger partial charge in [0, 0.05) is 0 Å². The summed E-state index contributed by atoms with van der Waals surface area (Å²) in [6.45, 7) is 6.43. The molecule has 0 aliphatic heterocycles. The Balaban J connectivity index is 3.54. The minimum atomic E-state index is 1.24. The smallest absolute Gasteiger partial charge is 0.0282 e. The summed E-state index contributed by atoms with van der Waals surface area (Å²) < 4.78 is 0. The van der Waals surface area contributed by atoms with Gasteiger partial charge in [-0.05, 0) is 26.7 Å². The Labute approximate surface area is 71.0 Å². The van der Waals surface area contributed by atoms with Gasteiger partial charge in [-0.1, -0.05) is 43.6 Å². The molecule has 0 saturated carbocycles. The molecule has 0 heteroatoms. The molecule has 0 unspecified atom stereocenters. The highest BCUT2D eigenvalue weighted by Crippen LogP contribution is 2.09. The Morgan fingerprint density at radius 2 is 1.91 bits per heavy atom. The van der Waals surface area contributed by atoms with Gasteiger partial charge < -0.3 is 0 Å². The SMILES string of the molecule is CC=CC(=CC)CCCCC. The van der Waals surface area contributed by atoms with Crippen molar-refractivity contribution < 1.29 is 0 Å². The average Bonchev–Trinajstić information content (AvgIpc) is 2.03. The molecule has 0 nitrogen and oxygen atoms in total. The third-order valence-corrected chi connectivity index (χ3v) is 1.82. The second-order valence-electron chi connectivity index (χ2n) is 2.82. The fourth-order valence-electron chi connectivity index (χ4n) is 1.12. The number of hydrogen-bond donors (Lipinski definition) is 0. The van der Waals surface area contributed by atoms with E-state index in [1.165, 1.54) is 31.3 Å². The van der Waals surface area contributed by atoms with Gasteiger partial charge in [0.05, 0.1) is 0 Å². The van der Waals surface area contributed by atoms with Gasteiger partial charge >= 0.3 is 0 Å². The molecule has 0 aliphatic rings. The van der Waals surface area contributed by atoms with Gasteiger partial charge in [-0.25, -0.2) is 0 Å². The first-order valence-electron chi connectivity index (χ1n) is 4.63. The molecule has 0 aliphatic carbocycles. The zero-order valence-electron chi connectivity index (χ0n) is 8.06. The van der Waals surface area contributed by atoms with Gasteiger partial charge in [-0.15, -0.1) is 0 Å². The maximum Gasteiger partial charge on any atom is -0.0282 e. The van der Waals surface area contributed by atoms with Crippen molar-refractivity contribution in [3.63, 3.8) is 0 Å². The van der Waals surface area contributed by atoms with E-state index in [4.69, 9.17) is 0 Å². The predicted octanol–water partition coefficient (Wildman–Crippen LogP) is 4.09. The molecule has 11 heavy (non-hydrogen) atoms. The van der Waals surface area contributed by atoms with E-state index >= 15 is 0 Å². The van der Waals surface area contributed by atoms with Crippen molar-refractivity contribution in [2.24, 2.45) is 0 Å². The van der Waals surface area contributed by atoms with E-state index in [2.05, 4.69) is 39.0 Å². The van der Waals surface area contributed by atoms with Crippen LogP contribution in [0.25, 0.3) is 0 Å². The van der Waals surface area contributed by atoms with Crippen LogP contribution in [0.5, 0.6) is 0 Å². The first-order valence-corrected chi connectivity index (χ1v) is 4.63. The van der Waals surface area contributed by atoms with Crippen molar-refractivity contribution >= 4 is 0 Å². The minimum Gasteiger partial charge on any atom is -0.0874 e. The molecule has 0 bridgehead atoms. The maximum absolute atomic E-state index is 2.24. The van der Waals surface area contributed by atoms with Crippen LogP contribution >= 0.6 is 0 Å². The highest BCUT2D eigenvalue weighted by atomic mass is 14.0. The van der Waals surface area contributed by atoms with E-state index in [0.717, 1.165) is 0 Å². The molecule has 0 atom stereocenters. The molecular weight excluding hydrogens is 132 g/mol. The number of allylic oxidation sites excluding steroid dienone is 4. The van der Waals surface area contributed by atoms with E-state index in [-0.39, 0.29) is 0 Å². The summed E-state index contributed by atoms with van der Waals surface area (Å²) in [5.74, 6) is 0. The second kappa shape index (κ2) is 7.59. The summed E-state index contributed by atoms with van der Waals surface area (Å²) in [7, 11) is 0. The molecule has 0 N–H and O–H groups in total. The summed E-state index contributed by atoms with van der Waals surface area (Å²) in [5.41, 5.74) is 1.47. The fraction of sp³-hybridized carbons (Fsp3) is 0.636. The van der Waals surface area contributed by atoms with Crippen molar-refractivity contribution in [2.75, 3.05) is 0 Å². The monoisotopic (exact) mass is 152 g/mol. The Morgan fingerprint density at radius 1 is 1.18 bits per heavy atom. The van der Waals surface area contributed by atoms with Crippen LogP contribution in [-0.2, 0) is 0 Å². The first-order chi connectivity index (χ1) is 5.35. The molecule has 0 aromatic rings. The molecular formula is C11H20. The molecule has 0 amide bonds. The molecule has 0 aromatic heterocycles. The van der Waals surface area contributed by atoms with Crippen LogP contribution in [0.4, 0.5) is 0 Å². The fourth-order valence-corrected chi connectivity index (χ4v) is 1.12. The lowest BCUT2D eigenvalue weighted by Crippen LogP contribution is -1.79. The Hall–Kier alpha value is -0.520. The lowest BCUT2D eigenvalue weighted by atomic mass is 10.1. The average molecular weight is 152 g/mol. The van der Waals surface area contributed by atoms with Crippen LogP contribution in [-0.4, -0.2) is 0 Å². The van der Waals surface area contributed by atoms with Crippen molar-refractivity contribution in [3.8, 4) is 0 Å². The van der Waals surface area contributed by atoms with E-state index in [0.29, 0.717) is 0 Å². The van der Waals surface area contributed by atoms with E-state index in [9.17, 15) is 0 Å². The van der Waals surface area contributed by atoms with Crippen LogP contribution in [0, 0.1) is 0 Å². The Bertz CT molecular complexity index is 129. The van der Waals surface area contributed by atoms with Gasteiger partial charge in [0.15, 0.2) is 0 Å². The lowest BCUT2D eigenvalue weighted by Gasteiger charge is -1.99. The quantitative estimate of drug-likeness (QED) is 0.411. The number of unbranched alkanes of at least 4 members (excludes halogenated alkanes) is 2. The molecule has 0 rings (SSSR count). The molecule has 0 spiro atoms. The summed E-state index contributed by atoms with van der Waals surface area (Å²) in [6, 6.07) is 0. The molecule has 0 saturated heterocycles. The number of hydrogen-bond acceptors (Lipinski definition) is 0. The van der Waals surface area contributed by atoms with Gasteiger partial charge in [0.2, 0.25) is 0 Å². The first kappa shape index (κ1) is 10.5. The minimum absolute atomic E-state index is 1.24. The van der Waals surface area contributed by atoms with Crippen molar-refractivity contribution in [3.05, 3.63) is 23.8 Å². The standard InChI is InChI=1S/C11H20/c1-4-7-8-10-11(6-3)9-5-2/h5-6,9H,4,7-8,10H2,1-3H3. The van der Waals surface area contributed by atoms with Gasteiger partial charge in [0.25, 0.3) is 0 Å². The highest BCUT2D eigenvalue weighted by molar-refractivity contribution is 5.16. The van der Waals surface area contributed by atoms with E-state index < -0.39 is 0 Å². The zero-order chi connectivity index (χ0) is 8.53.